The van der Waals surface area contributed by atoms with Gasteiger partial charge in [0.1, 0.15) is 18.1 Å². The van der Waals surface area contributed by atoms with Gasteiger partial charge in [-0.25, -0.2) is 4.79 Å². The molecular weight excluding hydrogens is 524 g/mol. The number of nitrogens with zero attached hydrogens (tertiary/aromatic N) is 2. The van der Waals surface area contributed by atoms with Crippen LogP contribution in [0, 0.1) is 0 Å². The third-order valence-electron chi connectivity index (χ3n) is 4.92. The van der Waals surface area contributed by atoms with E-state index in [0.717, 1.165) is 0 Å². The van der Waals surface area contributed by atoms with Crippen molar-refractivity contribution in [2.45, 2.75) is 56.3 Å². The van der Waals surface area contributed by atoms with Crippen molar-refractivity contribution >= 4 is 60.0 Å². The van der Waals surface area contributed by atoms with E-state index >= 15 is 0 Å². The van der Waals surface area contributed by atoms with Crippen LogP contribution in [0.2, 0.25) is 0 Å². The predicted octanol–water partition coefficient (Wildman–Crippen LogP) is -3.36. The van der Waals surface area contributed by atoms with Crippen molar-refractivity contribution in [2.24, 2.45) is 38.7 Å². The number of hydrogen-bond acceptors (Lipinski definition) is 9. The number of nitrogens with one attached hydrogen (secondary N) is 3. The van der Waals surface area contributed by atoms with E-state index in [2.05, 4.69) is 38.6 Å². The number of rotatable bonds is 19. The third-order valence-corrected chi connectivity index (χ3v) is 5.93. The Balaban J connectivity index is 5.28. The summed E-state index contributed by atoms with van der Waals surface area (Å²) in [5, 5.41) is 16.9. The molecule has 0 rings (SSSR count). The van der Waals surface area contributed by atoms with Crippen LogP contribution in [0.25, 0.3) is 0 Å². The fourth-order valence-electron chi connectivity index (χ4n) is 2.93. The molecule has 0 aromatic heterocycles. The Hall–Kier alpha value is -2.92. The number of carbonyl (C=O) groups excluding carboxylic acids is 3. The first kappa shape index (κ1) is 34.1. The molecule has 0 aliphatic heterocycles. The number of carboxylic acid groups (broad SMARTS) is 1. The monoisotopic (exact) mass is 564 g/mol. The van der Waals surface area contributed by atoms with Crippen LogP contribution in [-0.2, 0) is 19.2 Å². The average Bonchev–Trinajstić information content (AvgIpc) is 2.83. The summed E-state index contributed by atoms with van der Waals surface area (Å²) < 4.78 is 0. The molecule has 0 radical (unpaired) electrons. The van der Waals surface area contributed by atoms with Gasteiger partial charge in [0.25, 0.3) is 0 Å². The minimum atomic E-state index is -1.19. The van der Waals surface area contributed by atoms with E-state index in [1.807, 2.05) is 6.26 Å². The van der Waals surface area contributed by atoms with Crippen LogP contribution in [0.15, 0.2) is 9.98 Å². The molecule has 17 heteroatoms. The van der Waals surface area contributed by atoms with Crippen LogP contribution in [0.5, 0.6) is 0 Å². The Morgan fingerprint density at radius 2 is 1.30 bits per heavy atom. The SMILES string of the molecule is CSCCC(NC(=O)C(CCCN=C(N)N)NC(=O)C(CS)NC(=O)C(N)CCCN=C(N)N)C(=O)O. The molecule has 0 heterocycles. The number of aliphatic carboxylic acids is 1. The smallest absolute Gasteiger partial charge is 0.326 e. The highest BCUT2D eigenvalue weighted by atomic mass is 32.2. The number of carbonyl (C=O) groups is 4. The number of guanidine groups is 2. The zero-order valence-electron chi connectivity index (χ0n) is 20.9. The van der Waals surface area contributed by atoms with E-state index in [9.17, 15) is 24.3 Å². The summed E-state index contributed by atoms with van der Waals surface area (Å²) in [4.78, 5) is 57.4. The molecule has 0 spiro atoms. The Morgan fingerprint density at radius 3 is 1.78 bits per heavy atom. The first-order valence-electron chi connectivity index (χ1n) is 11.5. The van der Waals surface area contributed by atoms with E-state index in [1.54, 1.807) is 0 Å². The van der Waals surface area contributed by atoms with Crippen LogP contribution in [-0.4, -0.2) is 95.7 Å². The summed E-state index contributed by atoms with van der Waals surface area (Å²) in [6, 6.07) is -4.25. The Kier molecular flexibility index (Phi) is 17.7. The maximum Gasteiger partial charge on any atom is 0.326 e. The summed E-state index contributed by atoms with van der Waals surface area (Å²) in [6.07, 6.45) is 3.16. The highest BCUT2D eigenvalue weighted by molar-refractivity contribution is 7.98. The molecule has 0 saturated heterocycles. The molecule has 0 aromatic carbocycles. The van der Waals surface area contributed by atoms with Crippen molar-refractivity contribution < 1.29 is 24.3 Å². The second-order valence-corrected chi connectivity index (χ2v) is 9.34. The van der Waals surface area contributed by atoms with Crippen molar-refractivity contribution in [3.8, 4) is 0 Å². The molecular formula is C20H40N10O5S2. The Morgan fingerprint density at radius 1 is 0.811 bits per heavy atom. The van der Waals surface area contributed by atoms with Crippen molar-refractivity contribution in [3.05, 3.63) is 0 Å². The number of aliphatic imine (C=N–C) groups is 2. The minimum Gasteiger partial charge on any atom is -0.480 e. The maximum absolute atomic E-state index is 12.9. The number of nitrogens with two attached hydrogens (primary N) is 5. The molecule has 212 valence electrons. The number of thiol groups is 1. The van der Waals surface area contributed by atoms with Gasteiger partial charge in [-0.3, -0.25) is 24.4 Å². The van der Waals surface area contributed by atoms with Gasteiger partial charge in [0.15, 0.2) is 11.9 Å². The number of hydrogen-bond donors (Lipinski definition) is 10. The van der Waals surface area contributed by atoms with Crippen LogP contribution in [0.1, 0.15) is 32.1 Å². The zero-order valence-corrected chi connectivity index (χ0v) is 22.6. The van der Waals surface area contributed by atoms with Gasteiger partial charge in [-0.1, -0.05) is 0 Å². The molecule has 4 atom stereocenters. The highest BCUT2D eigenvalue weighted by Crippen LogP contribution is 2.05. The molecule has 15 nitrogen and oxygen atoms in total. The Bertz CT molecular complexity index is 806. The first-order valence-corrected chi connectivity index (χ1v) is 13.6. The van der Waals surface area contributed by atoms with Crippen LogP contribution >= 0.6 is 24.4 Å². The second kappa shape index (κ2) is 19.2. The number of carboxylic acids is 1. The van der Waals surface area contributed by atoms with Crippen LogP contribution in [0.3, 0.4) is 0 Å². The Labute approximate surface area is 226 Å². The molecule has 0 bridgehead atoms. The van der Waals surface area contributed by atoms with E-state index < -0.39 is 47.9 Å². The molecule has 0 aromatic rings. The highest BCUT2D eigenvalue weighted by Gasteiger charge is 2.29. The lowest BCUT2D eigenvalue weighted by Crippen LogP contribution is -2.57. The van der Waals surface area contributed by atoms with Gasteiger partial charge in [-0.15, -0.1) is 0 Å². The average molecular weight is 565 g/mol. The molecule has 0 fully saturated rings. The molecule has 37 heavy (non-hydrogen) atoms. The molecule has 0 saturated carbocycles. The molecule has 0 aliphatic rings. The number of thioether (sulfide) groups is 1. The standard InChI is InChI=1S/C20H40N10O5S2/c1-37-9-6-13(18(34)35)29-16(32)12(5-3-8-27-20(24)25)28-17(33)14(10-36)30-15(31)11(21)4-2-7-26-19(22)23/h11-14,36H,2-10,21H2,1H3,(H,28,33)(H,29,32)(H,30,31)(H,34,35)(H4,22,23,26)(H4,24,25,27). The minimum absolute atomic E-state index is 0.0688. The lowest BCUT2D eigenvalue weighted by atomic mass is 10.1. The summed E-state index contributed by atoms with van der Waals surface area (Å²) in [5.74, 6) is -2.91. The quantitative estimate of drug-likeness (QED) is 0.0320. The van der Waals surface area contributed by atoms with Gasteiger partial charge >= 0.3 is 5.97 Å². The van der Waals surface area contributed by atoms with Gasteiger partial charge in [0.2, 0.25) is 17.7 Å². The molecule has 4 unspecified atom stereocenters. The van der Waals surface area contributed by atoms with Crippen LogP contribution < -0.4 is 44.6 Å². The maximum atomic E-state index is 12.9. The van der Waals surface area contributed by atoms with Crippen LogP contribution in [0.4, 0.5) is 0 Å². The van der Waals surface area contributed by atoms with Crippen molar-refractivity contribution in [1.29, 1.82) is 0 Å². The first-order chi connectivity index (χ1) is 17.4. The lowest BCUT2D eigenvalue weighted by Gasteiger charge is -2.24. The molecule has 0 aliphatic carbocycles. The zero-order chi connectivity index (χ0) is 28.4. The molecule has 14 N–H and O–H groups in total. The summed E-state index contributed by atoms with van der Waals surface area (Å²) in [5.41, 5.74) is 27.0. The lowest BCUT2D eigenvalue weighted by molar-refractivity contribution is -0.142. The predicted molar refractivity (Wildman–Crippen MR) is 148 cm³/mol. The van der Waals surface area contributed by atoms with Gasteiger partial charge in [0, 0.05) is 18.8 Å². The summed E-state index contributed by atoms with van der Waals surface area (Å²) in [7, 11) is 0. The molecule has 3 amide bonds. The van der Waals surface area contributed by atoms with E-state index in [-0.39, 0.29) is 43.5 Å². The van der Waals surface area contributed by atoms with Crippen molar-refractivity contribution in [1.82, 2.24) is 16.0 Å². The van der Waals surface area contributed by atoms with Crippen molar-refractivity contribution in [2.75, 3.05) is 30.9 Å². The topological polar surface area (TPSA) is 279 Å². The van der Waals surface area contributed by atoms with Crippen molar-refractivity contribution in [3.63, 3.8) is 0 Å². The van der Waals surface area contributed by atoms with Gasteiger partial charge in [-0.05, 0) is 44.1 Å². The summed E-state index contributed by atoms with van der Waals surface area (Å²) in [6.45, 7) is 0.489. The number of amides is 3. The third kappa shape index (κ3) is 15.7. The van der Waals surface area contributed by atoms with Gasteiger partial charge < -0.3 is 49.7 Å². The normalized spacial score (nSPS) is 13.8. The summed E-state index contributed by atoms with van der Waals surface area (Å²) >= 11 is 5.56. The van der Waals surface area contributed by atoms with E-state index in [0.29, 0.717) is 25.1 Å². The second-order valence-electron chi connectivity index (χ2n) is 7.99. The van der Waals surface area contributed by atoms with E-state index in [4.69, 9.17) is 28.7 Å². The van der Waals surface area contributed by atoms with Gasteiger partial charge in [0.05, 0.1) is 6.04 Å². The fourth-order valence-corrected chi connectivity index (χ4v) is 3.66. The largest absolute Gasteiger partial charge is 0.480 e. The fraction of sp³-hybridized carbons (Fsp3) is 0.700. The van der Waals surface area contributed by atoms with E-state index in [1.165, 1.54) is 11.8 Å². The van der Waals surface area contributed by atoms with Gasteiger partial charge in [-0.2, -0.15) is 24.4 Å².